The Hall–Kier alpha value is -1.09. The van der Waals surface area contributed by atoms with Crippen LogP contribution in [0.15, 0.2) is 18.2 Å². The van der Waals surface area contributed by atoms with Crippen molar-refractivity contribution in [2.75, 3.05) is 18.0 Å². The highest BCUT2D eigenvalue weighted by Crippen LogP contribution is 2.31. The van der Waals surface area contributed by atoms with Gasteiger partial charge in [-0.2, -0.15) is 0 Å². The Kier molecular flexibility index (Phi) is 2.42. The molecule has 3 heteroatoms. The smallest absolute Gasteiger partial charge is 0.146 e. The Morgan fingerprint density at radius 2 is 2.14 bits per heavy atom. The topological polar surface area (TPSA) is 29.3 Å². The minimum absolute atomic E-state index is 0.110. The fourth-order valence-electron chi connectivity index (χ4n) is 1.77. The molecule has 76 valence electrons. The van der Waals surface area contributed by atoms with Gasteiger partial charge in [0.1, 0.15) is 5.82 Å². The summed E-state index contributed by atoms with van der Waals surface area (Å²) in [4.78, 5) is 2.05. The average molecular weight is 194 g/mol. The summed E-state index contributed by atoms with van der Waals surface area (Å²) >= 11 is 0. The average Bonchev–Trinajstić information content (AvgIpc) is 2.04. The number of anilines is 1. The van der Waals surface area contributed by atoms with E-state index in [-0.39, 0.29) is 11.9 Å². The zero-order valence-electron chi connectivity index (χ0n) is 8.33. The minimum Gasteiger partial charge on any atom is -0.369 e. The van der Waals surface area contributed by atoms with E-state index in [1.54, 1.807) is 6.07 Å². The first-order valence-electron chi connectivity index (χ1n) is 4.99. The summed E-state index contributed by atoms with van der Waals surface area (Å²) < 4.78 is 13.6. The molecule has 0 saturated carbocycles. The lowest BCUT2D eigenvalue weighted by Crippen LogP contribution is -2.38. The van der Waals surface area contributed by atoms with Crippen LogP contribution >= 0.6 is 0 Å². The van der Waals surface area contributed by atoms with Crippen molar-refractivity contribution in [3.05, 3.63) is 29.6 Å². The molecule has 1 aromatic rings. The van der Waals surface area contributed by atoms with Crippen molar-refractivity contribution < 1.29 is 4.39 Å². The van der Waals surface area contributed by atoms with Crippen LogP contribution in [-0.2, 0) is 0 Å². The van der Waals surface area contributed by atoms with Gasteiger partial charge in [0.15, 0.2) is 0 Å². The van der Waals surface area contributed by atoms with Crippen LogP contribution in [0.5, 0.6) is 0 Å². The van der Waals surface area contributed by atoms with Crippen LogP contribution in [0.25, 0.3) is 0 Å². The molecule has 1 aromatic carbocycles. The molecule has 0 unspecified atom stereocenters. The molecule has 1 heterocycles. The van der Waals surface area contributed by atoms with Gasteiger partial charge < -0.3 is 10.6 Å². The maximum Gasteiger partial charge on any atom is 0.146 e. The van der Waals surface area contributed by atoms with Gasteiger partial charge in [0.2, 0.25) is 0 Å². The van der Waals surface area contributed by atoms with E-state index in [1.165, 1.54) is 6.07 Å². The molecule has 14 heavy (non-hydrogen) atoms. The first kappa shape index (κ1) is 9.46. The molecule has 0 bridgehead atoms. The Labute approximate surface area is 83.5 Å². The highest BCUT2D eigenvalue weighted by molar-refractivity contribution is 5.57. The Bertz CT molecular complexity index is 332. The van der Waals surface area contributed by atoms with Crippen molar-refractivity contribution in [3.8, 4) is 0 Å². The van der Waals surface area contributed by atoms with E-state index in [0.29, 0.717) is 5.69 Å². The molecular formula is C11H15FN2. The molecule has 1 aliphatic rings. The SMILES string of the molecule is C[C@@H](N)c1cccc(F)c1N1CCC1. The van der Waals surface area contributed by atoms with E-state index >= 15 is 0 Å². The molecule has 2 N–H and O–H groups in total. The number of halogens is 1. The lowest BCUT2D eigenvalue weighted by atomic mass is 10.0. The van der Waals surface area contributed by atoms with E-state index in [4.69, 9.17) is 5.73 Å². The van der Waals surface area contributed by atoms with Crippen molar-refractivity contribution in [2.45, 2.75) is 19.4 Å². The van der Waals surface area contributed by atoms with Gasteiger partial charge in [-0.05, 0) is 25.0 Å². The number of benzene rings is 1. The molecule has 1 aliphatic heterocycles. The van der Waals surface area contributed by atoms with Crippen molar-refractivity contribution in [3.63, 3.8) is 0 Å². The van der Waals surface area contributed by atoms with E-state index in [2.05, 4.69) is 0 Å². The third kappa shape index (κ3) is 1.48. The van der Waals surface area contributed by atoms with E-state index in [9.17, 15) is 4.39 Å². The molecule has 1 fully saturated rings. The van der Waals surface area contributed by atoms with Crippen LogP contribution in [0.2, 0.25) is 0 Å². The zero-order valence-corrected chi connectivity index (χ0v) is 8.33. The maximum atomic E-state index is 13.6. The van der Waals surface area contributed by atoms with Crippen LogP contribution in [0.3, 0.4) is 0 Å². The molecular weight excluding hydrogens is 179 g/mol. The standard InChI is InChI=1S/C11H15FN2/c1-8(13)9-4-2-5-10(12)11(9)14-6-3-7-14/h2,4-5,8H,3,6-7,13H2,1H3/t8-/m1/s1. The van der Waals surface area contributed by atoms with E-state index in [0.717, 1.165) is 25.1 Å². The predicted octanol–water partition coefficient (Wildman–Crippen LogP) is 2.06. The van der Waals surface area contributed by atoms with Crippen molar-refractivity contribution in [2.24, 2.45) is 5.73 Å². The second-order valence-corrected chi connectivity index (χ2v) is 3.81. The van der Waals surface area contributed by atoms with Gasteiger partial charge >= 0.3 is 0 Å². The molecule has 2 nitrogen and oxygen atoms in total. The number of hydrogen-bond acceptors (Lipinski definition) is 2. The van der Waals surface area contributed by atoms with E-state index in [1.807, 2.05) is 17.9 Å². The fraction of sp³-hybridized carbons (Fsp3) is 0.455. The summed E-state index contributed by atoms with van der Waals surface area (Å²) in [5.74, 6) is -0.153. The summed E-state index contributed by atoms with van der Waals surface area (Å²) in [5.41, 5.74) is 7.42. The van der Waals surface area contributed by atoms with Crippen molar-refractivity contribution in [1.29, 1.82) is 0 Å². The van der Waals surface area contributed by atoms with Gasteiger partial charge in [-0.3, -0.25) is 0 Å². The first-order chi connectivity index (χ1) is 6.70. The molecule has 2 rings (SSSR count). The number of rotatable bonds is 2. The van der Waals surface area contributed by atoms with Crippen LogP contribution in [0.4, 0.5) is 10.1 Å². The lowest BCUT2D eigenvalue weighted by molar-refractivity contribution is 0.566. The molecule has 1 atom stereocenters. The number of hydrogen-bond donors (Lipinski definition) is 1. The normalized spacial score (nSPS) is 17.8. The third-order valence-electron chi connectivity index (χ3n) is 2.68. The van der Waals surface area contributed by atoms with Gasteiger partial charge in [0.05, 0.1) is 5.69 Å². The highest BCUT2D eigenvalue weighted by atomic mass is 19.1. The second-order valence-electron chi connectivity index (χ2n) is 3.81. The maximum absolute atomic E-state index is 13.6. The van der Waals surface area contributed by atoms with Crippen LogP contribution in [0.1, 0.15) is 24.9 Å². The molecule has 0 radical (unpaired) electrons. The van der Waals surface area contributed by atoms with Crippen molar-refractivity contribution >= 4 is 5.69 Å². The lowest BCUT2D eigenvalue weighted by Gasteiger charge is -2.35. The number of nitrogens with two attached hydrogens (primary N) is 1. The highest BCUT2D eigenvalue weighted by Gasteiger charge is 2.22. The van der Waals surface area contributed by atoms with Gasteiger partial charge in [-0.15, -0.1) is 0 Å². The molecule has 0 aromatic heterocycles. The molecule has 0 aliphatic carbocycles. The van der Waals surface area contributed by atoms with Crippen LogP contribution in [-0.4, -0.2) is 13.1 Å². The van der Waals surface area contributed by atoms with Crippen LogP contribution < -0.4 is 10.6 Å². The quantitative estimate of drug-likeness (QED) is 0.780. The molecule has 0 amide bonds. The van der Waals surface area contributed by atoms with Gasteiger partial charge in [0, 0.05) is 19.1 Å². The fourth-order valence-corrected chi connectivity index (χ4v) is 1.77. The Morgan fingerprint density at radius 3 is 2.64 bits per heavy atom. The summed E-state index contributed by atoms with van der Waals surface area (Å²) in [6, 6.07) is 5.01. The van der Waals surface area contributed by atoms with Gasteiger partial charge in [0.25, 0.3) is 0 Å². The predicted molar refractivity (Wildman–Crippen MR) is 55.8 cm³/mol. The van der Waals surface area contributed by atoms with Crippen LogP contribution in [0, 0.1) is 5.82 Å². The Morgan fingerprint density at radius 1 is 1.43 bits per heavy atom. The monoisotopic (exact) mass is 194 g/mol. The minimum atomic E-state index is -0.153. The second kappa shape index (κ2) is 3.58. The van der Waals surface area contributed by atoms with Gasteiger partial charge in [-0.1, -0.05) is 12.1 Å². The van der Waals surface area contributed by atoms with Gasteiger partial charge in [-0.25, -0.2) is 4.39 Å². The first-order valence-corrected chi connectivity index (χ1v) is 4.99. The summed E-state index contributed by atoms with van der Waals surface area (Å²) in [5, 5.41) is 0. The third-order valence-corrected chi connectivity index (χ3v) is 2.68. The number of nitrogens with zero attached hydrogens (tertiary/aromatic N) is 1. The summed E-state index contributed by atoms with van der Waals surface area (Å²) in [6.07, 6.45) is 1.15. The summed E-state index contributed by atoms with van der Waals surface area (Å²) in [7, 11) is 0. The summed E-state index contributed by atoms with van der Waals surface area (Å²) in [6.45, 7) is 3.78. The van der Waals surface area contributed by atoms with E-state index < -0.39 is 0 Å². The molecule has 1 saturated heterocycles. The zero-order chi connectivity index (χ0) is 10.1. The van der Waals surface area contributed by atoms with Crippen molar-refractivity contribution in [1.82, 2.24) is 0 Å². The molecule has 0 spiro atoms. The Balaban J connectivity index is 2.42. The number of para-hydroxylation sites is 1. The largest absolute Gasteiger partial charge is 0.369 e.